The molecule has 0 bridgehead atoms. The maximum Gasteiger partial charge on any atom is 0.134 e. The van der Waals surface area contributed by atoms with E-state index in [4.69, 9.17) is 4.74 Å². The highest BCUT2D eigenvalue weighted by atomic mass is 16.5. The molecule has 0 N–H and O–H groups in total. The number of aromatic nitrogens is 3. The lowest BCUT2D eigenvalue weighted by atomic mass is 9.97. The van der Waals surface area contributed by atoms with E-state index in [9.17, 15) is 0 Å². The smallest absolute Gasteiger partial charge is 0.134 e. The van der Waals surface area contributed by atoms with Crippen molar-refractivity contribution >= 4 is 11.6 Å². The summed E-state index contributed by atoms with van der Waals surface area (Å²) in [5.74, 6) is 2.72. The first kappa shape index (κ1) is 19.1. The zero-order valence-corrected chi connectivity index (χ0v) is 16.7. The highest BCUT2D eigenvalue weighted by molar-refractivity contribution is 5.50. The molecule has 2 fully saturated rings. The van der Waals surface area contributed by atoms with Crippen LogP contribution in [0.2, 0.25) is 0 Å². The molecule has 2 aromatic rings. The molecule has 7 heteroatoms. The van der Waals surface area contributed by atoms with Gasteiger partial charge < -0.3 is 19.4 Å². The zero-order chi connectivity index (χ0) is 19.2. The van der Waals surface area contributed by atoms with Crippen LogP contribution in [0.25, 0.3) is 0 Å². The monoisotopic (exact) mass is 382 g/mol. The van der Waals surface area contributed by atoms with Gasteiger partial charge >= 0.3 is 0 Å². The van der Waals surface area contributed by atoms with Crippen LogP contribution in [0, 0.1) is 5.92 Å². The fourth-order valence-electron chi connectivity index (χ4n) is 4.21. The van der Waals surface area contributed by atoms with Crippen LogP contribution in [-0.2, 0) is 11.3 Å². The fraction of sp³-hybridized carbons (Fsp3) is 0.571. The zero-order valence-electron chi connectivity index (χ0n) is 16.7. The molecule has 1 unspecified atom stereocenters. The van der Waals surface area contributed by atoms with Crippen molar-refractivity contribution in [2.75, 3.05) is 62.8 Å². The van der Waals surface area contributed by atoms with Gasteiger partial charge in [-0.15, -0.1) is 0 Å². The Balaban J connectivity index is 1.35. The van der Waals surface area contributed by atoms with Crippen molar-refractivity contribution in [1.29, 1.82) is 0 Å². The summed E-state index contributed by atoms with van der Waals surface area (Å²) in [5, 5.41) is 0. The topological polar surface area (TPSA) is 57.6 Å². The molecular weight excluding hydrogens is 352 g/mol. The van der Waals surface area contributed by atoms with Crippen molar-refractivity contribution in [1.82, 2.24) is 19.9 Å². The average molecular weight is 383 g/mol. The summed E-state index contributed by atoms with van der Waals surface area (Å²) in [7, 11) is 2.20. The van der Waals surface area contributed by atoms with Crippen LogP contribution >= 0.6 is 0 Å². The van der Waals surface area contributed by atoms with Gasteiger partial charge in [0.25, 0.3) is 0 Å². The number of ether oxygens (including phenoxy) is 1. The molecular formula is C21H30N6O. The second-order valence-electron chi connectivity index (χ2n) is 7.85. The van der Waals surface area contributed by atoms with E-state index in [0.717, 1.165) is 64.1 Å². The predicted octanol–water partition coefficient (Wildman–Crippen LogP) is 2.06. The van der Waals surface area contributed by atoms with Gasteiger partial charge in [-0.25, -0.2) is 9.97 Å². The first-order valence-corrected chi connectivity index (χ1v) is 10.2. The van der Waals surface area contributed by atoms with Crippen molar-refractivity contribution in [3.8, 4) is 0 Å². The molecule has 28 heavy (non-hydrogen) atoms. The van der Waals surface area contributed by atoms with Gasteiger partial charge in [0, 0.05) is 57.7 Å². The fourth-order valence-corrected chi connectivity index (χ4v) is 4.21. The summed E-state index contributed by atoms with van der Waals surface area (Å²) in [6, 6.07) is 6.30. The molecule has 0 spiro atoms. The van der Waals surface area contributed by atoms with Gasteiger partial charge in [0.15, 0.2) is 0 Å². The van der Waals surface area contributed by atoms with Crippen LogP contribution in [0.4, 0.5) is 11.6 Å². The molecule has 7 nitrogen and oxygen atoms in total. The first-order chi connectivity index (χ1) is 13.8. The molecule has 0 saturated carbocycles. The molecule has 4 rings (SSSR count). The predicted molar refractivity (Wildman–Crippen MR) is 111 cm³/mol. The van der Waals surface area contributed by atoms with Crippen LogP contribution in [0.3, 0.4) is 0 Å². The van der Waals surface area contributed by atoms with Crippen LogP contribution in [0.5, 0.6) is 0 Å². The van der Waals surface area contributed by atoms with Crippen molar-refractivity contribution < 1.29 is 4.74 Å². The largest absolute Gasteiger partial charge is 0.378 e. The minimum atomic E-state index is 0.650. The van der Waals surface area contributed by atoms with Gasteiger partial charge in [-0.3, -0.25) is 4.98 Å². The normalized spacial score (nSPS) is 20.6. The highest BCUT2D eigenvalue weighted by Gasteiger charge is 2.23. The minimum Gasteiger partial charge on any atom is -0.378 e. The molecule has 0 aliphatic carbocycles. The second-order valence-corrected chi connectivity index (χ2v) is 7.85. The first-order valence-electron chi connectivity index (χ1n) is 10.2. The number of nitrogens with zero attached hydrogens (tertiary/aromatic N) is 6. The van der Waals surface area contributed by atoms with E-state index >= 15 is 0 Å². The summed E-state index contributed by atoms with van der Waals surface area (Å²) >= 11 is 0. The van der Waals surface area contributed by atoms with Gasteiger partial charge in [0.1, 0.15) is 18.0 Å². The lowest BCUT2D eigenvalue weighted by molar-refractivity contribution is 0.122. The van der Waals surface area contributed by atoms with Gasteiger partial charge in [-0.05, 0) is 37.4 Å². The maximum absolute atomic E-state index is 5.46. The average Bonchev–Trinajstić information content (AvgIpc) is 2.75. The number of anilines is 2. The van der Waals surface area contributed by atoms with Gasteiger partial charge in [-0.2, -0.15) is 0 Å². The SMILES string of the molecule is CN(Cc1cccnc1)CC1CCCN(c2cc(N3CCOCC3)ncn2)C1. The molecule has 1 atom stereocenters. The van der Waals surface area contributed by atoms with Crippen LogP contribution in [-0.4, -0.2) is 72.8 Å². The molecule has 2 saturated heterocycles. The van der Waals surface area contributed by atoms with Crippen LogP contribution in [0.15, 0.2) is 36.9 Å². The molecule has 0 aromatic carbocycles. The van der Waals surface area contributed by atoms with Gasteiger partial charge in [0.2, 0.25) is 0 Å². The van der Waals surface area contributed by atoms with Crippen molar-refractivity contribution in [3.63, 3.8) is 0 Å². The second kappa shape index (κ2) is 9.30. The number of piperidine rings is 1. The Kier molecular flexibility index (Phi) is 6.34. The van der Waals surface area contributed by atoms with Gasteiger partial charge in [-0.1, -0.05) is 6.07 Å². The van der Waals surface area contributed by atoms with Gasteiger partial charge in [0.05, 0.1) is 13.2 Å². The van der Waals surface area contributed by atoms with E-state index in [1.54, 1.807) is 6.33 Å². The Morgan fingerprint density at radius 2 is 1.96 bits per heavy atom. The van der Waals surface area contributed by atoms with Crippen molar-refractivity contribution in [3.05, 3.63) is 42.5 Å². The van der Waals surface area contributed by atoms with Crippen molar-refractivity contribution in [2.45, 2.75) is 19.4 Å². The lowest BCUT2D eigenvalue weighted by Gasteiger charge is -2.36. The lowest BCUT2D eigenvalue weighted by Crippen LogP contribution is -2.41. The summed E-state index contributed by atoms with van der Waals surface area (Å²) in [6.45, 7) is 7.50. The number of hydrogen-bond acceptors (Lipinski definition) is 7. The summed E-state index contributed by atoms with van der Waals surface area (Å²) in [6.07, 6.45) is 7.98. The van der Waals surface area contributed by atoms with Crippen molar-refractivity contribution in [2.24, 2.45) is 5.92 Å². The quantitative estimate of drug-likeness (QED) is 0.758. The summed E-state index contributed by atoms with van der Waals surface area (Å²) in [4.78, 5) is 20.4. The van der Waals surface area contributed by atoms with E-state index in [-0.39, 0.29) is 0 Å². The van der Waals surface area contributed by atoms with E-state index in [1.165, 1.54) is 18.4 Å². The molecule has 150 valence electrons. The number of hydrogen-bond donors (Lipinski definition) is 0. The minimum absolute atomic E-state index is 0.650. The van der Waals surface area contributed by atoms with E-state index < -0.39 is 0 Å². The van der Waals surface area contributed by atoms with E-state index in [2.05, 4.69) is 48.8 Å². The number of rotatable bonds is 6. The molecule has 4 heterocycles. The Bertz CT molecular complexity index is 737. The summed E-state index contributed by atoms with van der Waals surface area (Å²) in [5.41, 5.74) is 1.27. The third-order valence-electron chi connectivity index (χ3n) is 5.56. The summed E-state index contributed by atoms with van der Waals surface area (Å²) < 4.78 is 5.46. The van der Waals surface area contributed by atoms with Crippen LogP contribution in [0.1, 0.15) is 18.4 Å². The Hall–Kier alpha value is -2.25. The molecule has 2 aromatic heterocycles. The number of morpholine rings is 1. The van der Waals surface area contributed by atoms with E-state index in [1.807, 2.05) is 18.5 Å². The Labute approximate surface area is 167 Å². The number of pyridine rings is 1. The Morgan fingerprint density at radius 1 is 1.14 bits per heavy atom. The standard InChI is InChI=1S/C21H30N6O/c1-25(14-18-4-2-6-22-13-18)15-19-5-3-7-27(16-19)21-12-20(23-17-24-21)26-8-10-28-11-9-26/h2,4,6,12-13,17,19H,3,5,7-11,14-16H2,1H3. The highest BCUT2D eigenvalue weighted by Crippen LogP contribution is 2.25. The van der Waals surface area contributed by atoms with E-state index in [0.29, 0.717) is 5.92 Å². The molecule has 2 aliphatic rings. The molecule has 0 radical (unpaired) electrons. The van der Waals surface area contributed by atoms with Crippen LogP contribution < -0.4 is 9.80 Å². The molecule has 0 amide bonds. The molecule has 2 aliphatic heterocycles. The third-order valence-corrected chi connectivity index (χ3v) is 5.56. The third kappa shape index (κ3) is 4.97. The maximum atomic E-state index is 5.46. The Morgan fingerprint density at radius 3 is 2.75 bits per heavy atom.